The van der Waals surface area contributed by atoms with Gasteiger partial charge in [0.25, 0.3) is 0 Å². The Balaban J connectivity index is 2.35. The summed E-state index contributed by atoms with van der Waals surface area (Å²) < 4.78 is 0. The van der Waals surface area contributed by atoms with E-state index < -0.39 is 0 Å². The maximum Gasteiger partial charge on any atom is -0.00179 e. The molecule has 2 unspecified atom stereocenters. The summed E-state index contributed by atoms with van der Waals surface area (Å²) in [5.41, 5.74) is 0. The van der Waals surface area contributed by atoms with Crippen molar-refractivity contribution in [2.75, 3.05) is 13.6 Å². The Kier molecular flexibility index (Phi) is 2.94. The van der Waals surface area contributed by atoms with Gasteiger partial charge in [-0.1, -0.05) is 19.1 Å². The highest BCUT2D eigenvalue weighted by Gasteiger charge is 2.16. The molecule has 0 radical (unpaired) electrons. The fourth-order valence-electron chi connectivity index (χ4n) is 1.55. The molecule has 1 aliphatic carbocycles. The van der Waals surface area contributed by atoms with Crippen molar-refractivity contribution in [2.45, 2.75) is 19.8 Å². The van der Waals surface area contributed by atoms with Crippen LogP contribution in [0.2, 0.25) is 0 Å². The Morgan fingerprint density at radius 1 is 1.40 bits per heavy atom. The van der Waals surface area contributed by atoms with E-state index in [9.17, 15) is 0 Å². The molecule has 58 valence electrons. The molecule has 0 amide bonds. The maximum absolute atomic E-state index is 3.23. The molecular weight excluding hydrogens is 122 g/mol. The summed E-state index contributed by atoms with van der Waals surface area (Å²) in [6, 6.07) is 0. The Bertz CT molecular complexity index is 118. The number of nitrogens with one attached hydrogen (secondary N) is 1. The third-order valence-corrected chi connectivity index (χ3v) is 2.38. The Labute approximate surface area is 63.5 Å². The minimum absolute atomic E-state index is 0.870. The third kappa shape index (κ3) is 1.84. The first-order chi connectivity index (χ1) is 4.84. The van der Waals surface area contributed by atoms with E-state index in [-0.39, 0.29) is 0 Å². The largest absolute Gasteiger partial charge is 0.319 e. The van der Waals surface area contributed by atoms with Crippen molar-refractivity contribution >= 4 is 0 Å². The molecule has 1 aliphatic rings. The van der Waals surface area contributed by atoms with E-state index in [1.165, 1.54) is 19.4 Å². The van der Waals surface area contributed by atoms with E-state index in [0.29, 0.717) is 0 Å². The van der Waals surface area contributed by atoms with Gasteiger partial charge in [-0.25, -0.2) is 0 Å². The van der Waals surface area contributed by atoms with Crippen LogP contribution in [0.3, 0.4) is 0 Å². The predicted octanol–water partition coefficient (Wildman–Crippen LogP) is 1.81. The van der Waals surface area contributed by atoms with Crippen LogP contribution in [-0.2, 0) is 0 Å². The second kappa shape index (κ2) is 3.77. The SMILES string of the molecule is CNCC1CC=CCC1C. The zero-order valence-electron chi connectivity index (χ0n) is 6.93. The summed E-state index contributed by atoms with van der Waals surface area (Å²) in [5, 5.41) is 3.23. The van der Waals surface area contributed by atoms with Gasteiger partial charge in [-0.2, -0.15) is 0 Å². The molecule has 2 atom stereocenters. The van der Waals surface area contributed by atoms with Crippen molar-refractivity contribution in [1.82, 2.24) is 5.32 Å². The van der Waals surface area contributed by atoms with Crippen LogP contribution in [0, 0.1) is 11.8 Å². The lowest BCUT2D eigenvalue weighted by Crippen LogP contribution is -2.25. The summed E-state index contributed by atoms with van der Waals surface area (Å²) in [7, 11) is 2.03. The molecule has 1 heteroatoms. The second-order valence-electron chi connectivity index (χ2n) is 3.24. The molecule has 0 saturated carbocycles. The first kappa shape index (κ1) is 7.80. The summed E-state index contributed by atoms with van der Waals surface area (Å²) in [5.74, 6) is 1.74. The van der Waals surface area contributed by atoms with Gasteiger partial charge in [0.05, 0.1) is 0 Å². The van der Waals surface area contributed by atoms with Crippen molar-refractivity contribution < 1.29 is 0 Å². The van der Waals surface area contributed by atoms with Crippen LogP contribution in [0.5, 0.6) is 0 Å². The molecule has 0 heterocycles. The van der Waals surface area contributed by atoms with Crippen molar-refractivity contribution in [3.63, 3.8) is 0 Å². The Hall–Kier alpha value is -0.300. The summed E-state index contributed by atoms with van der Waals surface area (Å²) >= 11 is 0. The van der Waals surface area contributed by atoms with Crippen molar-refractivity contribution in [3.8, 4) is 0 Å². The van der Waals surface area contributed by atoms with E-state index in [0.717, 1.165) is 11.8 Å². The van der Waals surface area contributed by atoms with Crippen LogP contribution < -0.4 is 5.32 Å². The topological polar surface area (TPSA) is 12.0 Å². The quantitative estimate of drug-likeness (QED) is 0.575. The van der Waals surface area contributed by atoms with Crippen molar-refractivity contribution in [2.24, 2.45) is 11.8 Å². The number of allylic oxidation sites excluding steroid dienone is 2. The van der Waals surface area contributed by atoms with E-state index >= 15 is 0 Å². The summed E-state index contributed by atoms with van der Waals surface area (Å²) in [4.78, 5) is 0. The fourth-order valence-corrected chi connectivity index (χ4v) is 1.55. The van der Waals surface area contributed by atoms with Gasteiger partial charge < -0.3 is 5.32 Å². The van der Waals surface area contributed by atoms with Crippen LogP contribution in [0.15, 0.2) is 12.2 Å². The highest BCUT2D eigenvalue weighted by molar-refractivity contribution is 4.93. The number of rotatable bonds is 2. The second-order valence-corrected chi connectivity index (χ2v) is 3.24. The lowest BCUT2D eigenvalue weighted by Gasteiger charge is -2.24. The van der Waals surface area contributed by atoms with Crippen molar-refractivity contribution in [3.05, 3.63) is 12.2 Å². The van der Waals surface area contributed by atoms with E-state index in [4.69, 9.17) is 0 Å². The predicted molar refractivity (Wildman–Crippen MR) is 45.0 cm³/mol. The molecule has 0 aromatic rings. The van der Waals surface area contributed by atoms with Gasteiger partial charge in [-0.05, 0) is 38.3 Å². The molecule has 0 aromatic heterocycles. The number of hydrogen-bond acceptors (Lipinski definition) is 1. The first-order valence-corrected chi connectivity index (χ1v) is 4.14. The van der Waals surface area contributed by atoms with E-state index in [2.05, 4.69) is 24.4 Å². The molecule has 0 aliphatic heterocycles. The third-order valence-electron chi connectivity index (χ3n) is 2.38. The fraction of sp³-hybridized carbons (Fsp3) is 0.778. The molecule has 1 nitrogen and oxygen atoms in total. The minimum atomic E-state index is 0.870. The monoisotopic (exact) mass is 139 g/mol. The molecule has 1 N–H and O–H groups in total. The van der Waals surface area contributed by atoms with Gasteiger partial charge >= 0.3 is 0 Å². The molecule has 0 saturated heterocycles. The molecule has 0 fully saturated rings. The molecule has 10 heavy (non-hydrogen) atoms. The van der Waals surface area contributed by atoms with E-state index in [1.807, 2.05) is 7.05 Å². The lowest BCUT2D eigenvalue weighted by molar-refractivity contribution is 0.340. The molecule has 0 spiro atoms. The average Bonchev–Trinajstić information content (AvgIpc) is 1.94. The molecule has 0 bridgehead atoms. The lowest BCUT2D eigenvalue weighted by atomic mass is 9.84. The normalized spacial score (nSPS) is 32.6. The number of hydrogen-bond donors (Lipinski definition) is 1. The van der Waals surface area contributed by atoms with Gasteiger partial charge in [-0.15, -0.1) is 0 Å². The smallest absolute Gasteiger partial charge is 0.00179 e. The van der Waals surface area contributed by atoms with Gasteiger partial charge in [0, 0.05) is 0 Å². The first-order valence-electron chi connectivity index (χ1n) is 4.14. The van der Waals surface area contributed by atoms with Crippen LogP contribution in [0.4, 0.5) is 0 Å². The van der Waals surface area contributed by atoms with Crippen LogP contribution in [-0.4, -0.2) is 13.6 Å². The summed E-state index contributed by atoms with van der Waals surface area (Å²) in [6.45, 7) is 3.51. The van der Waals surface area contributed by atoms with Gasteiger partial charge in [-0.3, -0.25) is 0 Å². The van der Waals surface area contributed by atoms with Gasteiger partial charge in [0.1, 0.15) is 0 Å². The molecule has 0 aromatic carbocycles. The Morgan fingerprint density at radius 3 is 2.70 bits per heavy atom. The molecule has 1 rings (SSSR count). The van der Waals surface area contributed by atoms with Crippen molar-refractivity contribution in [1.29, 1.82) is 0 Å². The van der Waals surface area contributed by atoms with E-state index in [1.54, 1.807) is 0 Å². The zero-order chi connectivity index (χ0) is 7.40. The standard InChI is InChI=1S/C9H17N/c1-8-5-3-4-6-9(8)7-10-2/h3-4,8-10H,5-7H2,1-2H3. The zero-order valence-corrected chi connectivity index (χ0v) is 6.93. The highest BCUT2D eigenvalue weighted by Crippen LogP contribution is 2.23. The van der Waals surface area contributed by atoms with Crippen LogP contribution in [0.25, 0.3) is 0 Å². The maximum atomic E-state index is 3.23. The molecular formula is C9H17N. The van der Waals surface area contributed by atoms with Crippen LogP contribution >= 0.6 is 0 Å². The van der Waals surface area contributed by atoms with Gasteiger partial charge in [0.15, 0.2) is 0 Å². The highest BCUT2D eigenvalue weighted by atomic mass is 14.8. The Morgan fingerprint density at radius 2 is 2.10 bits per heavy atom. The average molecular weight is 139 g/mol. The minimum Gasteiger partial charge on any atom is -0.319 e. The van der Waals surface area contributed by atoms with Crippen LogP contribution in [0.1, 0.15) is 19.8 Å². The van der Waals surface area contributed by atoms with Gasteiger partial charge in [0.2, 0.25) is 0 Å². The summed E-state index contributed by atoms with van der Waals surface area (Å²) in [6.07, 6.45) is 7.15.